The van der Waals surface area contributed by atoms with Gasteiger partial charge >= 0.3 is 0 Å². The summed E-state index contributed by atoms with van der Waals surface area (Å²) in [6.45, 7) is 1.98. The van der Waals surface area contributed by atoms with E-state index >= 15 is 0 Å². The Hall–Kier alpha value is -1.46. The highest BCUT2D eigenvalue weighted by Crippen LogP contribution is 2.12. The van der Waals surface area contributed by atoms with Crippen LogP contribution in [0, 0.1) is 6.92 Å². The van der Waals surface area contributed by atoms with Gasteiger partial charge in [0.1, 0.15) is 5.52 Å². The number of hydrogen-bond donors (Lipinski definition) is 2. The van der Waals surface area contributed by atoms with Crippen molar-refractivity contribution in [2.24, 2.45) is 0 Å². The smallest absolute Gasteiger partial charge is 0.113 e. The minimum absolute atomic E-state index is 0.260. The summed E-state index contributed by atoms with van der Waals surface area (Å²) in [5.74, 6) is 0. The van der Waals surface area contributed by atoms with Crippen LogP contribution in [0.4, 0.5) is 0 Å². The Balaban J connectivity index is 2.36. The van der Waals surface area contributed by atoms with E-state index in [-0.39, 0.29) is 13.2 Å². The van der Waals surface area contributed by atoms with Crippen LogP contribution in [0.5, 0.6) is 0 Å². The minimum Gasteiger partial charge on any atom is -0.394 e. The molecule has 0 aliphatic rings. The Bertz CT molecular complexity index is 467. The highest BCUT2D eigenvalue weighted by molar-refractivity contribution is 5.74. The van der Waals surface area contributed by atoms with Gasteiger partial charge in [0.15, 0.2) is 0 Å². The predicted molar refractivity (Wildman–Crippen MR) is 55.4 cm³/mol. The molecule has 1 unspecified atom stereocenters. The van der Waals surface area contributed by atoms with Gasteiger partial charge in [-0.15, -0.1) is 5.10 Å². The summed E-state index contributed by atoms with van der Waals surface area (Å²) >= 11 is 0. The summed E-state index contributed by atoms with van der Waals surface area (Å²) in [4.78, 5) is 0. The van der Waals surface area contributed by atoms with E-state index in [9.17, 15) is 5.11 Å². The molecule has 0 amide bonds. The molecular formula is C10H13N3O2. The van der Waals surface area contributed by atoms with Crippen LogP contribution in [-0.4, -0.2) is 37.9 Å². The first-order valence-corrected chi connectivity index (χ1v) is 4.79. The molecule has 0 saturated heterocycles. The van der Waals surface area contributed by atoms with Crippen molar-refractivity contribution >= 4 is 11.0 Å². The normalized spacial score (nSPS) is 13.3. The molecule has 2 rings (SSSR count). The van der Waals surface area contributed by atoms with Gasteiger partial charge < -0.3 is 10.2 Å². The van der Waals surface area contributed by atoms with Gasteiger partial charge in [0, 0.05) is 0 Å². The van der Waals surface area contributed by atoms with Crippen LogP contribution in [0.25, 0.3) is 11.0 Å². The lowest BCUT2D eigenvalue weighted by molar-refractivity contribution is 0.0788. The predicted octanol–water partition coefficient (Wildman–Crippen LogP) is 0.0929. The van der Waals surface area contributed by atoms with Crippen molar-refractivity contribution in [2.45, 2.75) is 19.6 Å². The number of aliphatic hydroxyl groups is 2. The molecule has 1 atom stereocenters. The molecule has 0 spiro atoms. The van der Waals surface area contributed by atoms with E-state index in [4.69, 9.17) is 5.11 Å². The zero-order valence-electron chi connectivity index (χ0n) is 8.46. The highest BCUT2D eigenvalue weighted by atomic mass is 16.3. The summed E-state index contributed by atoms with van der Waals surface area (Å²) < 4.78 is 1.59. The number of aromatic nitrogens is 3. The lowest BCUT2D eigenvalue weighted by Gasteiger charge is -2.06. The molecule has 1 aromatic heterocycles. The fourth-order valence-corrected chi connectivity index (χ4v) is 1.47. The van der Waals surface area contributed by atoms with Gasteiger partial charge in [0.2, 0.25) is 0 Å². The second kappa shape index (κ2) is 3.96. The van der Waals surface area contributed by atoms with Gasteiger partial charge in [-0.3, -0.25) is 0 Å². The third kappa shape index (κ3) is 1.98. The average molecular weight is 207 g/mol. The van der Waals surface area contributed by atoms with Crippen molar-refractivity contribution in [3.63, 3.8) is 0 Å². The second-order valence-corrected chi connectivity index (χ2v) is 3.60. The molecule has 0 saturated carbocycles. The molecule has 0 fully saturated rings. The number of benzene rings is 1. The van der Waals surface area contributed by atoms with Gasteiger partial charge in [0.25, 0.3) is 0 Å². The van der Waals surface area contributed by atoms with Gasteiger partial charge in [0.05, 0.1) is 24.8 Å². The van der Waals surface area contributed by atoms with Crippen molar-refractivity contribution in [1.29, 1.82) is 0 Å². The molecule has 80 valence electrons. The Morgan fingerprint density at radius 2 is 2.27 bits per heavy atom. The first kappa shape index (κ1) is 10.1. The maximum absolute atomic E-state index is 9.31. The fraction of sp³-hybridized carbons (Fsp3) is 0.400. The number of aryl methyl sites for hydroxylation is 1. The van der Waals surface area contributed by atoms with E-state index in [1.54, 1.807) is 4.68 Å². The summed E-state index contributed by atoms with van der Waals surface area (Å²) in [5, 5.41) is 26.0. The number of rotatable bonds is 3. The summed E-state index contributed by atoms with van der Waals surface area (Å²) in [7, 11) is 0. The zero-order valence-corrected chi connectivity index (χ0v) is 8.46. The molecule has 0 aliphatic heterocycles. The van der Waals surface area contributed by atoms with Gasteiger partial charge in [-0.05, 0) is 24.6 Å². The Kier molecular flexibility index (Phi) is 2.66. The maximum atomic E-state index is 9.31. The molecule has 1 heterocycles. The van der Waals surface area contributed by atoms with Gasteiger partial charge in [-0.1, -0.05) is 11.3 Å². The second-order valence-electron chi connectivity index (χ2n) is 3.60. The molecule has 0 aliphatic carbocycles. The first-order chi connectivity index (χ1) is 7.20. The number of nitrogens with zero attached hydrogens (tertiary/aromatic N) is 3. The first-order valence-electron chi connectivity index (χ1n) is 4.79. The summed E-state index contributed by atoms with van der Waals surface area (Å²) in [6.07, 6.45) is -0.795. The van der Waals surface area contributed by atoms with Crippen LogP contribution in [0.3, 0.4) is 0 Å². The molecule has 15 heavy (non-hydrogen) atoms. The maximum Gasteiger partial charge on any atom is 0.113 e. The van der Waals surface area contributed by atoms with Crippen molar-refractivity contribution in [3.8, 4) is 0 Å². The van der Waals surface area contributed by atoms with Crippen molar-refractivity contribution in [2.75, 3.05) is 6.61 Å². The molecule has 5 nitrogen and oxygen atoms in total. The molecular weight excluding hydrogens is 194 g/mol. The Morgan fingerprint density at radius 1 is 1.47 bits per heavy atom. The summed E-state index contributed by atoms with van der Waals surface area (Å²) in [5.41, 5.74) is 2.80. The van der Waals surface area contributed by atoms with E-state index in [1.807, 2.05) is 25.1 Å². The topological polar surface area (TPSA) is 71.2 Å². The van der Waals surface area contributed by atoms with Crippen LogP contribution < -0.4 is 0 Å². The molecule has 5 heteroatoms. The number of hydrogen-bond acceptors (Lipinski definition) is 4. The van der Waals surface area contributed by atoms with Crippen LogP contribution in [-0.2, 0) is 6.54 Å². The van der Waals surface area contributed by atoms with Crippen LogP contribution in [0.15, 0.2) is 18.2 Å². The molecule has 2 aromatic rings. The fourth-order valence-electron chi connectivity index (χ4n) is 1.47. The number of fused-ring (bicyclic) bond motifs is 1. The number of aliphatic hydroxyl groups excluding tert-OH is 2. The van der Waals surface area contributed by atoms with Crippen molar-refractivity contribution < 1.29 is 10.2 Å². The van der Waals surface area contributed by atoms with E-state index < -0.39 is 6.10 Å². The van der Waals surface area contributed by atoms with Crippen LogP contribution >= 0.6 is 0 Å². The lowest BCUT2D eigenvalue weighted by Crippen LogP contribution is -2.20. The van der Waals surface area contributed by atoms with Crippen molar-refractivity contribution in [3.05, 3.63) is 23.8 Å². The Morgan fingerprint density at radius 3 is 3.00 bits per heavy atom. The van der Waals surface area contributed by atoms with Gasteiger partial charge in [-0.2, -0.15) is 0 Å². The molecule has 2 N–H and O–H groups in total. The van der Waals surface area contributed by atoms with E-state index in [0.29, 0.717) is 0 Å². The largest absolute Gasteiger partial charge is 0.394 e. The lowest BCUT2D eigenvalue weighted by atomic mass is 10.2. The third-order valence-electron chi connectivity index (χ3n) is 2.26. The van der Waals surface area contributed by atoms with Crippen LogP contribution in [0.2, 0.25) is 0 Å². The minimum atomic E-state index is -0.795. The molecule has 0 radical (unpaired) electrons. The van der Waals surface area contributed by atoms with Gasteiger partial charge in [-0.25, -0.2) is 4.68 Å². The average Bonchev–Trinajstić information content (AvgIpc) is 2.60. The van der Waals surface area contributed by atoms with Crippen LogP contribution in [0.1, 0.15) is 5.56 Å². The third-order valence-corrected chi connectivity index (χ3v) is 2.26. The monoisotopic (exact) mass is 207 g/mol. The Labute approximate surface area is 87.0 Å². The zero-order chi connectivity index (χ0) is 10.8. The molecule has 0 bridgehead atoms. The van der Waals surface area contributed by atoms with E-state index in [1.165, 1.54) is 0 Å². The SMILES string of the molecule is Cc1ccc2c(c1)nnn2CC(O)CO. The highest BCUT2D eigenvalue weighted by Gasteiger charge is 2.08. The summed E-state index contributed by atoms with van der Waals surface area (Å²) in [6, 6.07) is 5.81. The van der Waals surface area contributed by atoms with Crippen molar-refractivity contribution in [1.82, 2.24) is 15.0 Å². The quantitative estimate of drug-likeness (QED) is 0.748. The van der Waals surface area contributed by atoms with E-state index in [2.05, 4.69) is 10.3 Å². The van der Waals surface area contributed by atoms with E-state index in [0.717, 1.165) is 16.6 Å². The standard InChI is InChI=1S/C10H13N3O2/c1-7-2-3-10-9(4-7)11-12-13(10)5-8(15)6-14/h2-4,8,14-15H,5-6H2,1H3. The molecule has 1 aromatic carbocycles.